The third-order valence-corrected chi connectivity index (χ3v) is 4.48. The van der Waals surface area contributed by atoms with Gasteiger partial charge in [-0.15, -0.1) is 0 Å². The van der Waals surface area contributed by atoms with Gasteiger partial charge in [0, 0.05) is 29.7 Å². The number of morpholine rings is 1. The van der Waals surface area contributed by atoms with Crippen molar-refractivity contribution in [3.63, 3.8) is 0 Å². The molecule has 0 saturated carbocycles. The first kappa shape index (κ1) is 19.8. The first-order valence-corrected chi connectivity index (χ1v) is 9.08. The van der Waals surface area contributed by atoms with Gasteiger partial charge in [-0.2, -0.15) is 5.10 Å². The number of hydrogen-bond acceptors (Lipinski definition) is 6. The molecule has 0 aromatic heterocycles. The van der Waals surface area contributed by atoms with Crippen LogP contribution in [-0.4, -0.2) is 43.3 Å². The van der Waals surface area contributed by atoms with Crippen molar-refractivity contribution in [2.24, 2.45) is 5.10 Å². The van der Waals surface area contributed by atoms with Crippen LogP contribution in [0.3, 0.4) is 0 Å². The maximum absolute atomic E-state index is 11.9. The molecule has 3 rings (SSSR count). The third kappa shape index (κ3) is 5.28. The minimum absolute atomic E-state index is 0.00154. The van der Waals surface area contributed by atoms with E-state index in [2.05, 4.69) is 10.5 Å². The molecule has 2 aromatic rings. The van der Waals surface area contributed by atoms with Gasteiger partial charge in [0.2, 0.25) is 5.91 Å². The zero-order chi connectivity index (χ0) is 19.9. The predicted molar refractivity (Wildman–Crippen MR) is 107 cm³/mol. The van der Waals surface area contributed by atoms with E-state index >= 15 is 0 Å². The highest BCUT2D eigenvalue weighted by Crippen LogP contribution is 2.29. The molecule has 1 aliphatic rings. The molecule has 2 aromatic carbocycles. The van der Waals surface area contributed by atoms with Crippen LogP contribution >= 0.6 is 11.6 Å². The lowest BCUT2D eigenvalue weighted by atomic mass is 10.1. The lowest BCUT2D eigenvalue weighted by Crippen LogP contribution is -2.36. The second-order valence-electron chi connectivity index (χ2n) is 6.20. The molecule has 1 fully saturated rings. The van der Waals surface area contributed by atoms with E-state index in [9.17, 15) is 14.9 Å². The average molecular weight is 403 g/mol. The number of carbonyl (C=O) groups is 1. The van der Waals surface area contributed by atoms with Crippen LogP contribution in [-0.2, 0) is 16.0 Å². The smallest absolute Gasteiger partial charge is 0.293 e. The summed E-state index contributed by atoms with van der Waals surface area (Å²) in [5.41, 5.74) is 4.30. The number of nitrogens with zero attached hydrogens (tertiary/aromatic N) is 3. The van der Waals surface area contributed by atoms with Gasteiger partial charge in [-0.3, -0.25) is 14.9 Å². The molecule has 0 spiro atoms. The Labute approximate surface area is 166 Å². The van der Waals surface area contributed by atoms with Gasteiger partial charge in [-0.1, -0.05) is 29.8 Å². The molecule has 1 amide bonds. The molecular formula is C19H19ClN4O4. The average Bonchev–Trinajstić information content (AvgIpc) is 2.70. The quantitative estimate of drug-likeness (QED) is 0.455. The van der Waals surface area contributed by atoms with Crippen LogP contribution in [0, 0.1) is 10.1 Å². The molecule has 1 N–H and O–H groups in total. The minimum atomic E-state index is -0.415. The number of nitro groups is 1. The third-order valence-electron chi connectivity index (χ3n) is 4.23. The van der Waals surface area contributed by atoms with Crippen molar-refractivity contribution in [1.29, 1.82) is 0 Å². The van der Waals surface area contributed by atoms with Crippen molar-refractivity contribution < 1.29 is 14.5 Å². The Morgan fingerprint density at radius 2 is 1.96 bits per heavy atom. The number of nitro benzene ring substituents is 1. The van der Waals surface area contributed by atoms with E-state index in [1.54, 1.807) is 36.4 Å². The summed E-state index contributed by atoms with van der Waals surface area (Å²) in [6.45, 7) is 2.30. The Hall–Kier alpha value is -2.97. The van der Waals surface area contributed by atoms with Crippen molar-refractivity contribution in [3.05, 3.63) is 68.7 Å². The first-order chi connectivity index (χ1) is 13.5. The van der Waals surface area contributed by atoms with Crippen LogP contribution in [0.25, 0.3) is 0 Å². The molecule has 8 nitrogen and oxygen atoms in total. The van der Waals surface area contributed by atoms with E-state index < -0.39 is 4.92 Å². The minimum Gasteiger partial charge on any atom is -0.378 e. The summed E-state index contributed by atoms with van der Waals surface area (Å²) in [7, 11) is 0. The van der Waals surface area contributed by atoms with Crippen LogP contribution in [0.5, 0.6) is 0 Å². The number of anilines is 1. The van der Waals surface area contributed by atoms with Crippen molar-refractivity contribution >= 4 is 35.1 Å². The van der Waals surface area contributed by atoms with Crippen LogP contribution < -0.4 is 10.3 Å². The Morgan fingerprint density at radius 3 is 2.64 bits per heavy atom. The number of rotatable bonds is 6. The standard InChI is InChI=1S/C19H19ClN4O4/c20-16-4-1-14(2-5-16)12-19(25)22-21-13-15-3-6-17(18(11-15)24(26)27)23-7-9-28-10-8-23/h1-6,11,13H,7-10,12H2,(H,22,25)/b21-13-. The van der Waals surface area contributed by atoms with Crippen LogP contribution in [0.1, 0.15) is 11.1 Å². The summed E-state index contributed by atoms with van der Waals surface area (Å²) in [4.78, 5) is 24.9. The maximum atomic E-state index is 11.9. The Bertz CT molecular complexity index is 880. The molecule has 9 heteroatoms. The number of ether oxygens (including phenoxy) is 1. The van der Waals surface area contributed by atoms with Crippen molar-refractivity contribution in [2.75, 3.05) is 31.2 Å². The second kappa shape index (κ2) is 9.29. The molecule has 0 bridgehead atoms. The molecule has 1 aliphatic heterocycles. The lowest BCUT2D eigenvalue weighted by Gasteiger charge is -2.28. The van der Waals surface area contributed by atoms with Crippen molar-refractivity contribution in [3.8, 4) is 0 Å². The topological polar surface area (TPSA) is 97.1 Å². The van der Waals surface area contributed by atoms with E-state index in [0.29, 0.717) is 42.6 Å². The molecular weight excluding hydrogens is 384 g/mol. The zero-order valence-electron chi connectivity index (χ0n) is 15.0. The summed E-state index contributed by atoms with van der Waals surface area (Å²) < 4.78 is 5.29. The van der Waals surface area contributed by atoms with Gasteiger partial charge in [0.25, 0.3) is 5.69 Å². The Kier molecular flexibility index (Phi) is 6.57. The van der Waals surface area contributed by atoms with E-state index in [0.717, 1.165) is 5.56 Å². The Balaban J connectivity index is 1.64. The number of benzene rings is 2. The largest absolute Gasteiger partial charge is 0.378 e. The van der Waals surface area contributed by atoms with E-state index in [1.165, 1.54) is 12.3 Å². The van der Waals surface area contributed by atoms with E-state index in [-0.39, 0.29) is 18.0 Å². The molecule has 1 heterocycles. The monoisotopic (exact) mass is 402 g/mol. The molecule has 1 saturated heterocycles. The molecule has 0 unspecified atom stereocenters. The maximum Gasteiger partial charge on any atom is 0.293 e. The summed E-state index contributed by atoms with van der Waals surface area (Å²) in [5, 5.41) is 15.9. The van der Waals surface area contributed by atoms with Crippen molar-refractivity contribution in [2.45, 2.75) is 6.42 Å². The predicted octanol–water partition coefficient (Wildman–Crippen LogP) is 2.78. The van der Waals surface area contributed by atoms with Gasteiger partial charge < -0.3 is 9.64 Å². The van der Waals surface area contributed by atoms with Crippen LogP contribution in [0.2, 0.25) is 5.02 Å². The van der Waals surface area contributed by atoms with Gasteiger partial charge >= 0.3 is 0 Å². The molecule has 146 valence electrons. The van der Waals surface area contributed by atoms with E-state index in [4.69, 9.17) is 16.3 Å². The zero-order valence-corrected chi connectivity index (χ0v) is 15.8. The number of amides is 1. The van der Waals surface area contributed by atoms with Gasteiger partial charge in [-0.25, -0.2) is 5.43 Å². The lowest BCUT2D eigenvalue weighted by molar-refractivity contribution is -0.384. The fourth-order valence-electron chi connectivity index (χ4n) is 2.84. The number of nitrogens with one attached hydrogen (secondary N) is 1. The SMILES string of the molecule is O=C(Cc1ccc(Cl)cc1)N/N=C\c1ccc(N2CCOCC2)c([N+](=O)[O-])c1. The summed E-state index contributed by atoms with van der Waals surface area (Å²) in [6, 6.07) is 11.8. The molecule has 0 atom stereocenters. The second-order valence-corrected chi connectivity index (χ2v) is 6.64. The molecule has 28 heavy (non-hydrogen) atoms. The Morgan fingerprint density at radius 1 is 1.25 bits per heavy atom. The first-order valence-electron chi connectivity index (χ1n) is 8.70. The summed E-state index contributed by atoms with van der Waals surface area (Å²) >= 11 is 5.81. The van der Waals surface area contributed by atoms with Gasteiger partial charge in [0.15, 0.2) is 0 Å². The van der Waals surface area contributed by atoms with Gasteiger partial charge in [-0.05, 0) is 23.8 Å². The fourth-order valence-corrected chi connectivity index (χ4v) is 2.97. The number of halogens is 1. The number of hydrogen-bond donors (Lipinski definition) is 1. The van der Waals surface area contributed by atoms with Crippen LogP contribution in [0.15, 0.2) is 47.6 Å². The summed E-state index contributed by atoms with van der Waals surface area (Å²) in [5.74, 6) is -0.294. The van der Waals surface area contributed by atoms with Gasteiger partial charge in [0.05, 0.1) is 30.8 Å². The fraction of sp³-hybridized carbons (Fsp3) is 0.263. The summed E-state index contributed by atoms with van der Waals surface area (Å²) in [6.07, 6.45) is 1.54. The molecule has 0 radical (unpaired) electrons. The highest BCUT2D eigenvalue weighted by atomic mass is 35.5. The highest BCUT2D eigenvalue weighted by molar-refractivity contribution is 6.30. The highest BCUT2D eigenvalue weighted by Gasteiger charge is 2.21. The number of carbonyl (C=O) groups excluding carboxylic acids is 1. The molecule has 0 aliphatic carbocycles. The van der Waals surface area contributed by atoms with E-state index in [1.807, 2.05) is 4.90 Å². The number of hydrazone groups is 1. The van der Waals surface area contributed by atoms with Gasteiger partial charge in [0.1, 0.15) is 5.69 Å². The van der Waals surface area contributed by atoms with Crippen molar-refractivity contribution in [1.82, 2.24) is 5.43 Å². The normalized spacial score (nSPS) is 14.2. The van der Waals surface area contributed by atoms with Crippen LogP contribution in [0.4, 0.5) is 11.4 Å².